The highest BCUT2D eigenvalue weighted by Gasteiger charge is 2.30. The maximum atomic E-state index is 12.6. The summed E-state index contributed by atoms with van der Waals surface area (Å²) >= 11 is 0. The highest BCUT2D eigenvalue weighted by molar-refractivity contribution is 5.99. The van der Waals surface area contributed by atoms with Crippen LogP contribution in [0.15, 0.2) is 24.3 Å². The van der Waals surface area contributed by atoms with Crippen LogP contribution < -0.4 is 10.1 Å². The molecule has 1 aliphatic carbocycles. The first-order chi connectivity index (χ1) is 15.6. The van der Waals surface area contributed by atoms with Crippen molar-refractivity contribution in [2.75, 3.05) is 39.3 Å². The Labute approximate surface area is 196 Å². The van der Waals surface area contributed by atoms with Crippen LogP contribution in [-0.2, 0) is 9.53 Å². The fourth-order valence-electron chi connectivity index (χ4n) is 3.79. The SMILES string of the molecule is C[C@H](NC(=O)OC(C)(C)C)C(=O)N1CCN(CCCOc2ccc(C(=O)C3CC3)cc2)CC1. The van der Waals surface area contributed by atoms with Crippen LogP contribution in [0.25, 0.3) is 0 Å². The van der Waals surface area contributed by atoms with Crippen molar-refractivity contribution in [2.24, 2.45) is 5.92 Å². The molecule has 1 aromatic carbocycles. The van der Waals surface area contributed by atoms with Crippen molar-refractivity contribution in [3.63, 3.8) is 0 Å². The Balaban J connectivity index is 1.30. The molecule has 2 aliphatic rings. The van der Waals surface area contributed by atoms with E-state index in [1.165, 1.54) is 0 Å². The van der Waals surface area contributed by atoms with Crippen molar-refractivity contribution in [3.05, 3.63) is 29.8 Å². The van der Waals surface area contributed by atoms with E-state index in [9.17, 15) is 14.4 Å². The summed E-state index contributed by atoms with van der Waals surface area (Å²) < 4.78 is 11.0. The van der Waals surface area contributed by atoms with Crippen LogP contribution >= 0.6 is 0 Å². The number of hydrogen-bond donors (Lipinski definition) is 1. The van der Waals surface area contributed by atoms with E-state index in [1.54, 1.807) is 32.6 Å². The minimum atomic E-state index is -0.620. The molecule has 0 spiro atoms. The summed E-state index contributed by atoms with van der Waals surface area (Å²) in [5, 5.41) is 2.62. The monoisotopic (exact) mass is 459 g/mol. The maximum absolute atomic E-state index is 12.6. The van der Waals surface area contributed by atoms with Crippen molar-refractivity contribution in [1.82, 2.24) is 15.1 Å². The smallest absolute Gasteiger partial charge is 0.408 e. The van der Waals surface area contributed by atoms with Crippen molar-refractivity contribution in [3.8, 4) is 5.75 Å². The maximum Gasteiger partial charge on any atom is 0.408 e. The minimum Gasteiger partial charge on any atom is -0.494 e. The molecular weight excluding hydrogens is 422 g/mol. The normalized spacial score (nSPS) is 17.9. The lowest BCUT2D eigenvalue weighted by molar-refractivity contribution is -0.134. The molecule has 1 heterocycles. The van der Waals surface area contributed by atoms with Gasteiger partial charge in [0.1, 0.15) is 17.4 Å². The predicted octanol–water partition coefficient (Wildman–Crippen LogP) is 3.11. The number of nitrogens with one attached hydrogen (secondary N) is 1. The van der Waals surface area contributed by atoms with E-state index in [2.05, 4.69) is 10.2 Å². The van der Waals surface area contributed by atoms with Crippen LogP contribution in [0.5, 0.6) is 5.75 Å². The molecule has 2 fully saturated rings. The Morgan fingerprint density at radius 1 is 1.06 bits per heavy atom. The van der Waals surface area contributed by atoms with Gasteiger partial charge in [0.15, 0.2) is 5.78 Å². The number of nitrogens with zero attached hydrogens (tertiary/aromatic N) is 2. The van der Waals surface area contributed by atoms with Gasteiger partial charge in [-0.05, 0) is 71.2 Å². The van der Waals surface area contributed by atoms with Gasteiger partial charge in [0.05, 0.1) is 6.61 Å². The van der Waals surface area contributed by atoms with Gasteiger partial charge in [0.2, 0.25) is 5.91 Å². The van der Waals surface area contributed by atoms with Crippen molar-refractivity contribution >= 4 is 17.8 Å². The summed E-state index contributed by atoms with van der Waals surface area (Å²) in [5.41, 5.74) is 0.175. The fourth-order valence-corrected chi connectivity index (χ4v) is 3.79. The number of carbonyl (C=O) groups is 3. The number of ether oxygens (including phenoxy) is 2. The average Bonchev–Trinajstić information content (AvgIpc) is 3.60. The lowest BCUT2D eigenvalue weighted by Gasteiger charge is -2.36. The van der Waals surface area contributed by atoms with Gasteiger partial charge in [-0.15, -0.1) is 0 Å². The Morgan fingerprint density at radius 3 is 2.27 bits per heavy atom. The summed E-state index contributed by atoms with van der Waals surface area (Å²) in [6.07, 6.45) is 2.34. The Kier molecular flexibility index (Phi) is 8.35. The molecule has 1 saturated carbocycles. The van der Waals surface area contributed by atoms with E-state index in [4.69, 9.17) is 9.47 Å². The third-order valence-electron chi connectivity index (χ3n) is 5.76. The van der Waals surface area contributed by atoms with E-state index < -0.39 is 17.7 Å². The fraction of sp³-hybridized carbons (Fsp3) is 0.640. The number of piperazine rings is 1. The zero-order valence-electron chi connectivity index (χ0n) is 20.3. The van der Waals surface area contributed by atoms with Gasteiger partial charge < -0.3 is 19.7 Å². The van der Waals surface area contributed by atoms with E-state index in [0.717, 1.165) is 50.2 Å². The second kappa shape index (κ2) is 11.0. The quantitative estimate of drug-likeness (QED) is 0.451. The first-order valence-corrected chi connectivity index (χ1v) is 11.9. The number of alkyl carbamates (subject to hydrolysis) is 1. The van der Waals surface area contributed by atoms with Gasteiger partial charge in [0.25, 0.3) is 0 Å². The number of rotatable bonds is 9. The highest BCUT2D eigenvalue weighted by atomic mass is 16.6. The van der Waals surface area contributed by atoms with Crippen LogP contribution in [-0.4, -0.2) is 78.6 Å². The van der Waals surface area contributed by atoms with Crippen molar-refractivity contribution in [1.29, 1.82) is 0 Å². The molecular formula is C25H37N3O5. The van der Waals surface area contributed by atoms with E-state index in [0.29, 0.717) is 19.7 Å². The number of hydrogen-bond acceptors (Lipinski definition) is 6. The van der Waals surface area contributed by atoms with Gasteiger partial charge in [-0.1, -0.05) is 0 Å². The molecule has 2 amide bonds. The Morgan fingerprint density at radius 2 is 1.70 bits per heavy atom. The summed E-state index contributed by atoms with van der Waals surface area (Å²) in [6, 6.07) is 6.82. The zero-order valence-corrected chi connectivity index (χ0v) is 20.3. The van der Waals surface area contributed by atoms with Gasteiger partial charge in [0, 0.05) is 44.2 Å². The molecule has 1 N–H and O–H groups in total. The molecule has 0 radical (unpaired) electrons. The van der Waals surface area contributed by atoms with E-state index in [1.807, 2.05) is 24.3 Å². The third-order valence-corrected chi connectivity index (χ3v) is 5.76. The molecule has 1 saturated heterocycles. The lowest BCUT2D eigenvalue weighted by atomic mass is 10.1. The minimum absolute atomic E-state index is 0.0903. The molecule has 8 nitrogen and oxygen atoms in total. The molecule has 8 heteroatoms. The Bertz CT molecular complexity index is 821. The number of carbonyl (C=O) groups excluding carboxylic acids is 3. The van der Waals surface area contributed by atoms with Crippen LogP contribution in [0, 0.1) is 5.92 Å². The molecule has 0 aromatic heterocycles. The van der Waals surface area contributed by atoms with Gasteiger partial charge in [-0.25, -0.2) is 4.79 Å². The van der Waals surface area contributed by atoms with Gasteiger partial charge in [-0.3, -0.25) is 14.5 Å². The largest absolute Gasteiger partial charge is 0.494 e. The first-order valence-electron chi connectivity index (χ1n) is 11.9. The molecule has 0 bridgehead atoms. The van der Waals surface area contributed by atoms with Crippen LogP contribution in [0.2, 0.25) is 0 Å². The highest BCUT2D eigenvalue weighted by Crippen LogP contribution is 2.32. The predicted molar refractivity (Wildman–Crippen MR) is 125 cm³/mol. The second-order valence-electron chi connectivity index (χ2n) is 9.90. The standard InChI is InChI=1S/C25H37N3O5/c1-18(26-24(31)33-25(2,3)4)23(30)28-15-13-27(14-16-28)12-5-17-32-21-10-8-20(9-11-21)22(29)19-6-7-19/h8-11,18-19H,5-7,12-17H2,1-4H3,(H,26,31)/t18-/m0/s1. The molecule has 3 rings (SSSR count). The van der Waals surface area contributed by atoms with Crippen LogP contribution in [0.3, 0.4) is 0 Å². The van der Waals surface area contributed by atoms with E-state index in [-0.39, 0.29) is 17.6 Å². The van der Waals surface area contributed by atoms with Gasteiger partial charge in [-0.2, -0.15) is 0 Å². The summed E-state index contributed by atoms with van der Waals surface area (Å²) in [6.45, 7) is 11.4. The lowest BCUT2D eigenvalue weighted by Crippen LogP contribution is -2.54. The molecule has 182 valence electrons. The molecule has 0 unspecified atom stereocenters. The summed E-state index contributed by atoms with van der Waals surface area (Å²) in [5.74, 6) is 1.17. The van der Waals surface area contributed by atoms with Gasteiger partial charge >= 0.3 is 6.09 Å². The average molecular weight is 460 g/mol. The van der Waals surface area contributed by atoms with Crippen LogP contribution in [0.1, 0.15) is 57.3 Å². The van der Waals surface area contributed by atoms with E-state index >= 15 is 0 Å². The van der Waals surface area contributed by atoms with Crippen LogP contribution in [0.4, 0.5) is 4.79 Å². The summed E-state index contributed by atoms with van der Waals surface area (Å²) in [7, 11) is 0. The summed E-state index contributed by atoms with van der Waals surface area (Å²) in [4.78, 5) is 40.7. The van der Waals surface area contributed by atoms with Crippen molar-refractivity contribution in [2.45, 2.75) is 58.6 Å². The number of Topliss-reactive ketones (excluding diaryl/α,β-unsaturated/α-hetero) is 1. The molecule has 1 aromatic rings. The first kappa shape index (κ1) is 25.0. The number of ketones is 1. The zero-order chi connectivity index (χ0) is 24.0. The third kappa shape index (κ3) is 8.03. The number of benzene rings is 1. The molecule has 1 aliphatic heterocycles. The Hall–Kier alpha value is -2.61. The second-order valence-corrected chi connectivity index (χ2v) is 9.90. The topological polar surface area (TPSA) is 88.2 Å². The number of amides is 2. The van der Waals surface area contributed by atoms with Crippen molar-refractivity contribution < 1.29 is 23.9 Å². The molecule has 33 heavy (non-hydrogen) atoms. The molecule has 1 atom stereocenters.